The molecule has 1 unspecified atom stereocenters. The topological polar surface area (TPSA) is 90.8 Å². The normalized spacial score (nSPS) is 19.3. The molecule has 28 heavy (non-hydrogen) atoms. The molecule has 2 aromatic rings. The molecule has 0 fully saturated rings. The Morgan fingerprint density at radius 3 is 2.39 bits per heavy atom. The molecular weight excluding hydrogens is 422 g/mol. The maximum absolute atomic E-state index is 14.0. The third-order valence-corrected chi connectivity index (χ3v) is 4.79. The number of halogens is 5. The van der Waals surface area contributed by atoms with Crippen molar-refractivity contribution in [1.82, 2.24) is 0 Å². The molecule has 0 saturated carbocycles. The Kier molecular flexibility index (Phi) is 5.26. The number of rotatable bonds is 4. The Labute approximate surface area is 166 Å². The molecule has 6 nitrogen and oxygen atoms in total. The lowest BCUT2D eigenvalue weighted by Gasteiger charge is -2.29. The molecule has 0 radical (unpaired) electrons. The fourth-order valence-electron chi connectivity index (χ4n) is 2.93. The zero-order valence-electron chi connectivity index (χ0n) is 14.0. The van der Waals surface area contributed by atoms with Crippen LogP contribution >= 0.6 is 23.2 Å². The van der Waals surface area contributed by atoms with Gasteiger partial charge in [0.15, 0.2) is 0 Å². The van der Waals surface area contributed by atoms with Crippen molar-refractivity contribution < 1.29 is 22.9 Å². The summed E-state index contributed by atoms with van der Waals surface area (Å²) >= 11 is 11.7. The van der Waals surface area contributed by atoms with Gasteiger partial charge in [-0.2, -0.15) is 13.2 Å². The van der Waals surface area contributed by atoms with Crippen molar-refractivity contribution >= 4 is 34.6 Å². The van der Waals surface area contributed by atoms with Crippen LogP contribution in [0, 0.1) is 10.1 Å². The van der Waals surface area contributed by atoms with E-state index in [1.807, 2.05) is 0 Å². The number of nitro groups is 1. The van der Waals surface area contributed by atoms with Crippen molar-refractivity contribution in [1.29, 1.82) is 0 Å². The number of alkyl halides is 3. The van der Waals surface area contributed by atoms with Crippen molar-refractivity contribution in [3.8, 4) is 0 Å². The minimum atomic E-state index is -4.85. The Balaban J connectivity index is 2.05. The SMILES string of the molecule is NCc1ccc(C2=NOC(c3cc(Cl)cc(Cl)c3)(C(F)(F)F)C2)cc1[N+](=O)[O-]. The standard InChI is InChI=1S/C17H12Cl2F3N3O3/c18-12-4-11(5-13(19)6-12)16(17(20,21)22)7-14(24-28-16)9-1-2-10(8-23)15(3-9)25(26)27/h1-6H,7-8,23H2. The third-order valence-electron chi connectivity index (χ3n) is 4.35. The van der Waals surface area contributed by atoms with Crippen LogP contribution in [0.1, 0.15) is 23.1 Å². The lowest BCUT2D eigenvalue weighted by atomic mass is 9.86. The fourth-order valence-corrected chi connectivity index (χ4v) is 3.46. The summed E-state index contributed by atoms with van der Waals surface area (Å²) in [5.74, 6) is 0. The van der Waals surface area contributed by atoms with Crippen molar-refractivity contribution in [3.05, 3.63) is 73.2 Å². The van der Waals surface area contributed by atoms with Crippen molar-refractivity contribution in [3.63, 3.8) is 0 Å². The van der Waals surface area contributed by atoms with E-state index < -0.39 is 23.1 Å². The van der Waals surface area contributed by atoms with Gasteiger partial charge in [0, 0.05) is 45.8 Å². The predicted molar refractivity (Wildman–Crippen MR) is 97.4 cm³/mol. The van der Waals surface area contributed by atoms with Crippen LogP contribution in [0.15, 0.2) is 41.6 Å². The van der Waals surface area contributed by atoms with Crippen LogP contribution in [0.2, 0.25) is 10.0 Å². The van der Waals surface area contributed by atoms with E-state index >= 15 is 0 Å². The molecule has 0 saturated heterocycles. The van der Waals surface area contributed by atoms with E-state index in [2.05, 4.69) is 5.16 Å². The molecule has 1 heterocycles. The summed E-state index contributed by atoms with van der Waals surface area (Å²) in [5.41, 5.74) is 2.31. The predicted octanol–water partition coefficient (Wildman–Crippen LogP) is 4.94. The first-order valence-corrected chi connectivity index (χ1v) is 8.59. The maximum atomic E-state index is 14.0. The van der Waals surface area contributed by atoms with Crippen LogP contribution < -0.4 is 5.73 Å². The van der Waals surface area contributed by atoms with Crippen LogP contribution in [0.25, 0.3) is 0 Å². The smallest absolute Gasteiger partial charge is 0.374 e. The van der Waals surface area contributed by atoms with Crippen LogP contribution in [-0.2, 0) is 17.0 Å². The summed E-state index contributed by atoms with van der Waals surface area (Å²) in [6.45, 7) is -0.0902. The lowest BCUT2D eigenvalue weighted by Crippen LogP contribution is -2.42. The second-order valence-electron chi connectivity index (χ2n) is 6.09. The van der Waals surface area contributed by atoms with Gasteiger partial charge in [0.2, 0.25) is 0 Å². The number of nitro benzene ring substituents is 1. The Morgan fingerprint density at radius 2 is 1.86 bits per heavy atom. The third kappa shape index (κ3) is 3.52. The first-order chi connectivity index (χ1) is 13.1. The summed E-state index contributed by atoms with van der Waals surface area (Å²) in [4.78, 5) is 15.4. The van der Waals surface area contributed by atoms with Crippen LogP contribution in [0.3, 0.4) is 0 Å². The van der Waals surface area contributed by atoms with Crippen LogP contribution in [0.5, 0.6) is 0 Å². The van der Waals surface area contributed by atoms with Gasteiger partial charge in [-0.05, 0) is 18.2 Å². The van der Waals surface area contributed by atoms with E-state index in [0.29, 0.717) is 0 Å². The average Bonchev–Trinajstić information content (AvgIpc) is 3.07. The zero-order chi connectivity index (χ0) is 20.7. The van der Waals surface area contributed by atoms with E-state index in [-0.39, 0.29) is 44.7 Å². The molecule has 0 bridgehead atoms. The molecule has 2 N–H and O–H groups in total. The molecule has 11 heteroatoms. The van der Waals surface area contributed by atoms with Gasteiger partial charge in [-0.25, -0.2) is 0 Å². The largest absolute Gasteiger partial charge is 0.435 e. The molecule has 3 rings (SSSR count). The number of nitrogens with zero attached hydrogens (tertiary/aromatic N) is 2. The minimum Gasteiger partial charge on any atom is -0.374 e. The molecule has 1 aliphatic rings. The monoisotopic (exact) mass is 433 g/mol. The van der Waals surface area contributed by atoms with E-state index in [0.717, 1.165) is 18.2 Å². The fraction of sp³-hybridized carbons (Fsp3) is 0.235. The number of benzene rings is 2. The maximum Gasteiger partial charge on any atom is 0.435 e. The van der Waals surface area contributed by atoms with Crippen molar-refractivity contribution in [2.75, 3.05) is 0 Å². The first-order valence-electron chi connectivity index (χ1n) is 7.83. The summed E-state index contributed by atoms with van der Waals surface area (Å²) in [7, 11) is 0. The number of hydrogen-bond acceptors (Lipinski definition) is 5. The van der Waals surface area contributed by atoms with Gasteiger partial charge in [-0.1, -0.05) is 40.5 Å². The van der Waals surface area contributed by atoms with Gasteiger partial charge in [-0.3, -0.25) is 10.1 Å². The summed E-state index contributed by atoms with van der Waals surface area (Å²) in [6, 6.07) is 7.40. The minimum absolute atomic E-state index is 0.00566. The lowest BCUT2D eigenvalue weighted by molar-refractivity contribution is -0.385. The van der Waals surface area contributed by atoms with Crippen LogP contribution in [0.4, 0.5) is 18.9 Å². The van der Waals surface area contributed by atoms with Gasteiger partial charge < -0.3 is 10.6 Å². The second kappa shape index (κ2) is 7.23. The van der Waals surface area contributed by atoms with Crippen molar-refractivity contribution in [2.45, 2.75) is 24.7 Å². The number of nitrogens with two attached hydrogens (primary N) is 1. The molecule has 0 amide bonds. The Bertz CT molecular complexity index is 962. The van der Waals surface area contributed by atoms with E-state index in [1.165, 1.54) is 18.2 Å². The molecule has 1 aliphatic heterocycles. The molecule has 148 valence electrons. The van der Waals surface area contributed by atoms with Crippen molar-refractivity contribution in [2.24, 2.45) is 10.9 Å². The molecule has 1 atom stereocenters. The van der Waals surface area contributed by atoms with Gasteiger partial charge >= 0.3 is 6.18 Å². The highest BCUT2D eigenvalue weighted by Gasteiger charge is 2.62. The summed E-state index contributed by atoms with van der Waals surface area (Å²) in [6.07, 6.45) is -5.55. The molecule has 0 aliphatic carbocycles. The number of oxime groups is 1. The molecule has 0 aromatic heterocycles. The van der Waals surface area contributed by atoms with E-state index in [1.54, 1.807) is 0 Å². The van der Waals surface area contributed by atoms with Gasteiger partial charge in [0.1, 0.15) is 0 Å². The highest BCUT2D eigenvalue weighted by Crippen LogP contribution is 2.49. The Hall–Kier alpha value is -2.36. The zero-order valence-corrected chi connectivity index (χ0v) is 15.5. The van der Waals surface area contributed by atoms with E-state index in [9.17, 15) is 23.3 Å². The molecule has 0 spiro atoms. The highest BCUT2D eigenvalue weighted by atomic mass is 35.5. The highest BCUT2D eigenvalue weighted by molar-refractivity contribution is 6.34. The molecular formula is C17H12Cl2F3N3O3. The number of hydrogen-bond donors (Lipinski definition) is 1. The van der Waals surface area contributed by atoms with Gasteiger partial charge in [0.05, 0.1) is 10.6 Å². The first kappa shape index (κ1) is 20.4. The quantitative estimate of drug-likeness (QED) is 0.545. The Morgan fingerprint density at radius 1 is 1.21 bits per heavy atom. The molecule has 2 aromatic carbocycles. The second-order valence-corrected chi connectivity index (χ2v) is 6.97. The summed E-state index contributed by atoms with van der Waals surface area (Å²) in [5, 5.41) is 14.8. The van der Waals surface area contributed by atoms with Gasteiger partial charge in [-0.15, -0.1) is 0 Å². The van der Waals surface area contributed by atoms with Crippen LogP contribution in [-0.4, -0.2) is 16.8 Å². The average molecular weight is 434 g/mol. The summed E-state index contributed by atoms with van der Waals surface area (Å²) < 4.78 is 41.9. The van der Waals surface area contributed by atoms with Gasteiger partial charge in [0.25, 0.3) is 11.3 Å². The van der Waals surface area contributed by atoms with E-state index in [4.69, 9.17) is 33.8 Å².